The Bertz CT molecular complexity index is 463. The minimum atomic E-state index is -0.231. The van der Waals surface area contributed by atoms with Gasteiger partial charge in [-0.2, -0.15) is 0 Å². The van der Waals surface area contributed by atoms with E-state index in [9.17, 15) is 0 Å². The molecule has 1 aromatic rings. The third-order valence-corrected chi connectivity index (χ3v) is 4.53. The summed E-state index contributed by atoms with van der Waals surface area (Å²) in [5.41, 5.74) is 0.882. The van der Waals surface area contributed by atoms with E-state index in [-0.39, 0.29) is 18.3 Å². The van der Waals surface area contributed by atoms with Crippen LogP contribution in [0.2, 0.25) is 6.32 Å². The maximum absolute atomic E-state index is 6.04. The molecule has 3 heteroatoms. The number of benzene rings is 1. The normalized spacial score (nSPS) is 21.9. The second-order valence-corrected chi connectivity index (χ2v) is 7.02. The SMILES string of the molecule is CC(/C=C/Cc1ccccc1)CB1OC(C)(C)C(C)(C)O1. The van der Waals surface area contributed by atoms with Crippen LogP contribution in [0.3, 0.4) is 0 Å². The summed E-state index contributed by atoms with van der Waals surface area (Å²) in [6.45, 7) is 10.6. The first-order valence-corrected chi connectivity index (χ1v) is 7.86. The summed E-state index contributed by atoms with van der Waals surface area (Å²) in [6, 6.07) is 10.5. The van der Waals surface area contributed by atoms with Crippen molar-refractivity contribution in [2.45, 2.75) is 58.6 Å². The van der Waals surface area contributed by atoms with E-state index < -0.39 is 0 Å². The van der Waals surface area contributed by atoms with E-state index in [1.165, 1.54) is 5.56 Å². The zero-order chi connectivity index (χ0) is 15.5. The molecule has 21 heavy (non-hydrogen) atoms. The van der Waals surface area contributed by atoms with E-state index in [0.717, 1.165) is 12.7 Å². The van der Waals surface area contributed by atoms with Crippen molar-refractivity contribution in [1.82, 2.24) is 0 Å². The van der Waals surface area contributed by atoms with Gasteiger partial charge in [0.05, 0.1) is 11.2 Å². The lowest BCUT2D eigenvalue weighted by Crippen LogP contribution is -2.41. The smallest absolute Gasteiger partial charge is 0.403 e. The van der Waals surface area contributed by atoms with E-state index in [0.29, 0.717) is 5.92 Å². The Kier molecular flexibility index (Phi) is 4.95. The summed E-state index contributed by atoms with van der Waals surface area (Å²) >= 11 is 0. The Labute approximate surface area is 129 Å². The van der Waals surface area contributed by atoms with E-state index in [1.54, 1.807) is 0 Å². The first-order valence-electron chi connectivity index (χ1n) is 7.86. The molecular weight excluding hydrogens is 259 g/mol. The Balaban J connectivity index is 1.82. The predicted octanol–water partition coefficient (Wildman–Crippen LogP) is 4.51. The molecule has 0 radical (unpaired) electrons. The lowest BCUT2D eigenvalue weighted by atomic mass is 9.78. The second-order valence-electron chi connectivity index (χ2n) is 7.02. The van der Waals surface area contributed by atoms with Crippen molar-refractivity contribution < 1.29 is 9.31 Å². The summed E-state index contributed by atoms with van der Waals surface area (Å²) in [6.07, 6.45) is 6.38. The Morgan fingerprint density at radius 1 is 1.05 bits per heavy atom. The lowest BCUT2D eigenvalue weighted by Gasteiger charge is -2.32. The molecule has 0 N–H and O–H groups in total. The third-order valence-electron chi connectivity index (χ3n) is 4.53. The molecule has 1 heterocycles. The standard InChI is InChI=1S/C18H27BO2/c1-15(10-9-13-16-11-7-6-8-12-16)14-19-20-17(2,3)18(4,5)21-19/h6-12,15H,13-14H2,1-5H3/b10-9+. The zero-order valence-corrected chi connectivity index (χ0v) is 13.9. The van der Waals surface area contributed by atoms with Gasteiger partial charge in [-0.05, 0) is 51.9 Å². The predicted molar refractivity (Wildman–Crippen MR) is 89.3 cm³/mol. The summed E-state index contributed by atoms with van der Waals surface area (Å²) in [5.74, 6) is 0.448. The molecule has 0 aliphatic carbocycles. The first-order chi connectivity index (χ1) is 9.80. The molecule has 2 nitrogen and oxygen atoms in total. The Morgan fingerprint density at radius 2 is 1.62 bits per heavy atom. The highest BCUT2D eigenvalue weighted by molar-refractivity contribution is 6.45. The van der Waals surface area contributed by atoms with E-state index in [1.807, 2.05) is 6.07 Å². The van der Waals surface area contributed by atoms with Crippen LogP contribution in [-0.4, -0.2) is 18.3 Å². The van der Waals surface area contributed by atoms with Gasteiger partial charge < -0.3 is 9.31 Å². The summed E-state index contributed by atoms with van der Waals surface area (Å²) < 4.78 is 12.1. The van der Waals surface area contributed by atoms with Gasteiger partial charge in [0.25, 0.3) is 0 Å². The van der Waals surface area contributed by atoms with Crippen LogP contribution in [0.15, 0.2) is 42.5 Å². The molecule has 0 amide bonds. The van der Waals surface area contributed by atoms with Gasteiger partial charge in [0.15, 0.2) is 0 Å². The molecular formula is C18H27BO2. The van der Waals surface area contributed by atoms with E-state index >= 15 is 0 Å². The number of hydrogen-bond donors (Lipinski definition) is 0. The van der Waals surface area contributed by atoms with Crippen molar-refractivity contribution in [1.29, 1.82) is 0 Å². The largest absolute Gasteiger partial charge is 0.458 e. The molecule has 0 bridgehead atoms. The van der Waals surface area contributed by atoms with Crippen molar-refractivity contribution in [3.05, 3.63) is 48.0 Å². The third kappa shape index (κ3) is 4.21. The maximum Gasteiger partial charge on any atom is 0.458 e. The van der Waals surface area contributed by atoms with Gasteiger partial charge in [-0.15, -0.1) is 0 Å². The van der Waals surface area contributed by atoms with Crippen molar-refractivity contribution in [3.8, 4) is 0 Å². The van der Waals surface area contributed by atoms with Crippen LogP contribution in [0.1, 0.15) is 40.2 Å². The molecule has 0 saturated carbocycles. The summed E-state index contributed by atoms with van der Waals surface area (Å²) in [5, 5.41) is 0. The van der Waals surface area contributed by atoms with Crippen LogP contribution < -0.4 is 0 Å². The van der Waals surface area contributed by atoms with Gasteiger partial charge in [0, 0.05) is 0 Å². The van der Waals surface area contributed by atoms with Crippen LogP contribution >= 0.6 is 0 Å². The fourth-order valence-electron chi connectivity index (χ4n) is 2.49. The van der Waals surface area contributed by atoms with Gasteiger partial charge in [-0.3, -0.25) is 0 Å². The van der Waals surface area contributed by atoms with Crippen molar-refractivity contribution >= 4 is 7.12 Å². The van der Waals surface area contributed by atoms with Gasteiger partial charge in [-0.1, -0.05) is 49.4 Å². The monoisotopic (exact) mass is 286 g/mol. The Morgan fingerprint density at radius 3 is 2.19 bits per heavy atom. The molecule has 1 unspecified atom stereocenters. The fourth-order valence-corrected chi connectivity index (χ4v) is 2.49. The van der Waals surface area contributed by atoms with Crippen LogP contribution in [0.5, 0.6) is 0 Å². The summed E-state index contributed by atoms with van der Waals surface area (Å²) in [4.78, 5) is 0. The molecule has 1 aromatic carbocycles. The molecule has 2 rings (SSSR count). The van der Waals surface area contributed by atoms with Gasteiger partial charge in [0.1, 0.15) is 0 Å². The maximum atomic E-state index is 6.04. The van der Waals surface area contributed by atoms with Gasteiger partial charge in [0.2, 0.25) is 0 Å². The fraction of sp³-hybridized carbons (Fsp3) is 0.556. The minimum Gasteiger partial charge on any atom is -0.403 e. The van der Waals surface area contributed by atoms with Crippen LogP contribution in [0.4, 0.5) is 0 Å². The van der Waals surface area contributed by atoms with Crippen LogP contribution in [-0.2, 0) is 15.7 Å². The van der Waals surface area contributed by atoms with Crippen LogP contribution in [0.25, 0.3) is 0 Å². The second kappa shape index (κ2) is 6.37. The average molecular weight is 286 g/mol. The highest BCUT2D eigenvalue weighted by atomic mass is 16.7. The highest BCUT2D eigenvalue weighted by Crippen LogP contribution is 2.38. The topological polar surface area (TPSA) is 18.5 Å². The molecule has 1 aliphatic rings. The zero-order valence-electron chi connectivity index (χ0n) is 13.9. The molecule has 0 spiro atoms. The first kappa shape index (κ1) is 16.3. The molecule has 0 aromatic heterocycles. The number of hydrogen-bond acceptors (Lipinski definition) is 2. The number of rotatable bonds is 5. The summed E-state index contributed by atoms with van der Waals surface area (Å²) in [7, 11) is -0.105. The molecule has 1 saturated heterocycles. The van der Waals surface area contributed by atoms with Crippen molar-refractivity contribution in [2.75, 3.05) is 0 Å². The van der Waals surface area contributed by atoms with E-state index in [4.69, 9.17) is 9.31 Å². The highest BCUT2D eigenvalue weighted by Gasteiger charge is 2.50. The van der Waals surface area contributed by atoms with Crippen molar-refractivity contribution in [2.24, 2.45) is 5.92 Å². The van der Waals surface area contributed by atoms with Crippen molar-refractivity contribution in [3.63, 3.8) is 0 Å². The molecule has 1 atom stereocenters. The van der Waals surface area contributed by atoms with Gasteiger partial charge >= 0.3 is 7.12 Å². The van der Waals surface area contributed by atoms with Crippen LogP contribution in [0, 0.1) is 5.92 Å². The van der Waals surface area contributed by atoms with Gasteiger partial charge in [-0.25, -0.2) is 0 Å². The minimum absolute atomic E-state index is 0.105. The Hall–Kier alpha value is -1.06. The molecule has 1 aliphatic heterocycles. The quantitative estimate of drug-likeness (QED) is 0.585. The average Bonchev–Trinajstić information content (AvgIpc) is 2.58. The number of allylic oxidation sites excluding steroid dienone is 2. The lowest BCUT2D eigenvalue weighted by molar-refractivity contribution is 0.00578. The molecule has 1 fully saturated rings. The van der Waals surface area contributed by atoms with E-state index in [2.05, 4.69) is 71.0 Å². The molecule has 114 valence electrons.